The number of hydrogen-bond donors (Lipinski definition) is 1. The molecule has 1 unspecified atom stereocenters. The molecule has 96 valence electrons. The highest BCUT2D eigenvalue weighted by Gasteiger charge is 2.20. The van der Waals surface area contributed by atoms with Crippen LogP contribution in [0.4, 0.5) is 0 Å². The number of carbonyl (C=O) groups is 1. The number of methoxy groups -OCH3 is 2. The summed E-state index contributed by atoms with van der Waals surface area (Å²) in [5, 5.41) is 16.8. The summed E-state index contributed by atoms with van der Waals surface area (Å²) in [6, 6.07) is 0. The largest absolute Gasteiger partial charge is 0.464 e. The summed E-state index contributed by atoms with van der Waals surface area (Å²) in [6.45, 7) is 2.38. The standard InChI is InChI=1S/C10H17N3O4/c1-7(14)4-5-13-8(6-16-2)9(11-12-13)10(15)17-3/h7,14H,4-6H2,1-3H3. The van der Waals surface area contributed by atoms with Crippen molar-refractivity contribution in [3.63, 3.8) is 0 Å². The Morgan fingerprint density at radius 3 is 2.76 bits per heavy atom. The van der Waals surface area contributed by atoms with E-state index >= 15 is 0 Å². The maximum absolute atomic E-state index is 11.4. The summed E-state index contributed by atoms with van der Waals surface area (Å²) in [4.78, 5) is 11.4. The lowest BCUT2D eigenvalue weighted by atomic mass is 10.2. The molecule has 0 aromatic carbocycles. The molecule has 1 rings (SSSR count). The number of nitrogens with zero attached hydrogens (tertiary/aromatic N) is 3. The molecule has 7 heteroatoms. The van der Waals surface area contributed by atoms with Gasteiger partial charge < -0.3 is 14.6 Å². The molecule has 17 heavy (non-hydrogen) atoms. The number of hydrogen-bond acceptors (Lipinski definition) is 6. The number of esters is 1. The summed E-state index contributed by atoms with van der Waals surface area (Å²) in [5.74, 6) is -0.541. The molecule has 0 spiro atoms. The molecule has 0 saturated heterocycles. The van der Waals surface area contributed by atoms with E-state index in [1.54, 1.807) is 11.6 Å². The number of rotatable bonds is 6. The second kappa shape index (κ2) is 6.31. The number of aliphatic hydroxyl groups is 1. The number of ether oxygens (including phenoxy) is 2. The van der Waals surface area contributed by atoms with Crippen LogP contribution in [-0.2, 0) is 22.6 Å². The summed E-state index contributed by atoms with van der Waals surface area (Å²) in [6.07, 6.45) is 0.0944. The second-order valence-electron chi connectivity index (χ2n) is 3.67. The van der Waals surface area contributed by atoms with Crippen LogP contribution < -0.4 is 0 Å². The number of aromatic nitrogens is 3. The van der Waals surface area contributed by atoms with Crippen molar-refractivity contribution >= 4 is 5.97 Å². The van der Waals surface area contributed by atoms with Crippen molar-refractivity contribution in [2.75, 3.05) is 14.2 Å². The Labute approximate surface area is 99.3 Å². The van der Waals surface area contributed by atoms with E-state index in [9.17, 15) is 9.90 Å². The van der Waals surface area contributed by atoms with Crippen LogP contribution in [0.1, 0.15) is 29.5 Å². The Kier molecular flexibility index (Phi) is 5.05. The molecule has 0 radical (unpaired) electrons. The minimum absolute atomic E-state index is 0.153. The minimum Gasteiger partial charge on any atom is -0.464 e. The highest BCUT2D eigenvalue weighted by molar-refractivity contribution is 5.88. The fourth-order valence-corrected chi connectivity index (χ4v) is 1.36. The topological polar surface area (TPSA) is 86.5 Å². The summed E-state index contributed by atoms with van der Waals surface area (Å²) in [5.41, 5.74) is 0.708. The summed E-state index contributed by atoms with van der Waals surface area (Å²) >= 11 is 0. The zero-order valence-corrected chi connectivity index (χ0v) is 10.2. The lowest BCUT2D eigenvalue weighted by Gasteiger charge is -2.07. The van der Waals surface area contributed by atoms with Gasteiger partial charge in [0.05, 0.1) is 25.5 Å². The quantitative estimate of drug-likeness (QED) is 0.707. The monoisotopic (exact) mass is 243 g/mol. The number of aryl methyl sites for hydroxylation is 1. The third-order valence-electron chi connectivity index (χ3n) is 2.26. The Balaban J connectivity index is 2.89. The number of carbonyl (C=O) groups excluding carboxylic acids is 1. The van der Waals surface area contributed by atoms with Crippen molar-refractivity contribution in [1.29, 1.82) is 0 Å². The van der Waals surface area contributed by atoms with Crippen LogP contribution in [-0.4, -0.2) is 46.4 Å². The lowest BCUT2D eigenvalue weighted by Crippen LogP contribution is -2.13. The van der Waals surface area contributed by atoms with Crippen LogP contribution in [0.3, 0.4) is 0 Å². The van der Waals surface area contributed by atoms with Gasteiger partial charge in [-0.3, -0.25) is 0 Å². The van der Waals surface area contributed by atoms with Crippen LogP contribution in [0.25, 0.3) is 0 Å². The third-order valence-corrected chi connectivity index (χ3v) is 2.26. The zero-order valence-electron chi connectivity index (χ0n) is 10.2. The van der Waals surface area contributed by atoms with Gasteiger partial charge in [0.1, 0.15) is 0 Å². The maximum Gasteiger partial charge on any atom is 0.360 e. The lowest BCUT2D eigenvalue weighted by molar-refractivity contribution is 0.0588. The summed E-state index contributed by atoms with van der Waals surface area (Å²) < 4.78 is 11.1. The van der Waals surface area contributed by atoms with Crippen molar-refractivity contribution in [3.05, 3.63) is 11.4 Å². The van der Waals surface area contributed by atoms with E-state index in [-0.39, 0.29) is 12.3 Å². The van der Waals surface area contributed by atoms with Crippen LogP contribution in [0.2, 0.25) is 0 Å². The second-order valence-corrected chi connectivity index (χ2v) is 3.67. The highest BCUT2D eigenvalue weighted by atomic mass is 16.5. The van der Waals surface area contributed by atoms with Crippen LogP contribution in [0.15, 0.2) is 0 Å². The average molecular weight is 243 g/mol. The molecule has 0 bridgehead atoms. The van der Waals surface area contributed by atoms with E-state index in [1.807, 2.05) is 0 Å². The SMILES string of the molecule is COCc1c(C(=O)OC)nnn1CCC(C)O. The molecule has 1 aromatic rings. The van der Waals surface area contributed by atoms with E-state index < -0.39 is 12.1 Å². The van der Waals surface area contributed by atoms with Crippen LogP contribution in [0, 0.1) is 0 Å². The summed E-state index contributed by atoms with van der Waals surface area (Å²) in [7, 11) is 2.81. The molecular formula is C10H17N3O4. The molecule has 0 fully saturated rings. The van der Waals surface area contributed by atoms with Gasteiger partial charge in [0.2, 0.25) is 0 Å². The van der Waals surface area contributed by atoms with Crippen molar-refractivity contribution < 1.29 is 19.4 Å². The molecule has 0 aliphatic carbocycles. The first-order valence-corrected chi connectivity index (χ1v) is 5.27. The van der Waals surface area contributed by atoms with Gasteiger partial charge in [0, 0.05) is 13.7 Å². The average Bonchev–Trinajstić information content (AvgIpc) is 2.69. The van der Waals surface area contributed by atoms with Gasteiger partial charge in [0.15, 0.2) is 5.69 Å². The van der Waals surface area contributed by atoms with Gasteiger partial charge >= 0.3 is 5.97 Å². The molecule has 1 atom stereocenters. The maximum atomic E-state index is 11.4. The van der Waals surface area contributed by atoms with Crippen LogP contribution in [0.5, 0.6) is 0 Å². The smallest absolute Gasteiger partial charge is 0.360 e. The molecule has 0 aliphatic heterocycles. The van der Waals surface area contributed by atoms with E-state index in [4.69, 9.17) is 4.74 Å². The zero-order chi connectivity index (χ0) is 12.8. The first-order valence-electron chi connectivity index (χ1n) is 5.27. The molecule has 1 aromatic heterocycles. The van der Waals surface area contributed by atoms with Crippen molar-refractivity contribution in [2.45, 2.75) is 32.6 Å². The van der Waals surface area contributed by atoms with Gasteiger partial charge in [-0.15, -0.1) is 5.10 Å². The predicted molar refractivity (Wildman–Crippen MR) is 58.4 cm³/mol. The van der Waals surface area contributed by atoms with Gasteiger partial charge in [-0.25, -0.2) is 9.48 Å². The first-order chi connectivity index (χ1) is 8.10. The van der Waals surface area contributed by atoms with Crippen molar-refractivity contribution in [3.8, 4) is 0 Å². The molecule has 1 heterocycles. The van der Waals surface area contributed by atoms with Gasteiger partial charge in [-0.2, -0.15) is 0 Å². The molecule has 0 amide bonds. The van der Waals surface area contributed by atoms with Crippen LogP contribution >= 0.6 is 0 Å². The van der Waals surface area contributed by atoms with Crippen molar-refractivity contribution in [1.82, 2.24) is 15.0 Å². The van der Waals surface area contributed by atoms with Gasteiger partial charge in [-0.1, -0.05) is 5.21 Å². The Morgan fingerprint density at radius 2 is 2.24 bits per heavy atom. The first kappa shape index (κ1) is 13.6. The fraction of sp³-hybridized carbons (Fsp3) is 0.700. The Morgan fingerprint density at radius 1 is 1.53 bits per heavy atom. The highest BCUT2D eigenvalue weighted by Crippen LogP contribution is 2.09. The fourth-order valence-electron chi connectivity index (χ4n) is 1.36. The number of aliphatic hydroxyl groups excluding tert-OH is 1. The van der Waals surface area contributed by atoms with E-state index in [0.29, 0.717) is 18.7 Å². The Bertz CT molecular complexity index is 376. The molecule has 1 N–H and O–H groups in total. The minimum atomic E-state index is -0.541. The predicted octanol–water partition coefficient (Wildman–Crippen LogP) is -0.0180. The molecular weight excluding hydrogens is 226 g/mol. The molecule has 0 saturated carbocycles. The molecule has 7 nitrogen and oxygen atoms in total. The van der Waals surface area contributed by atoms with Gasteiger partial charge in [0.25, 0.3) is 0 Å². The van der Waals surface area contributed by atoms with E-state index in [1.165, 1.54) is 14.2 Å². The molecule has 0 aliphatic rings. The Hall–Kier alpha value is -1.47. The van der Waals surface area contributed by atoms with E-state index in [0.717, 1.165) is 0 Å². The van der Waals surface area contributed by atoms with E-state index in [2.05, 4.69) is 15.0 Å². The van der Waals surface area contributed by atoms with Gasteiger partial charge in [-0.05, 0) is 13.3 Å². The van der Waals surface area contributed by atoms with Crippen molar-refractivity contribution in [2.24, 2.45) is 0 Å². The normalized spacial score (nSPS) is 12.5. The third kappa shape index (κ3) is 3.50.